The molecule has 0 saturated carbocycles. The van der Waals surface area contributed by atoms with Crippen LogP contribution in [0, 0.1) is 0 Å². The van der Waals surface area contributed by atoms with Gasteiger partial charge in [-0.2, -0.15) is 0 Å². The molecule has 1 N–H and O–H groups in total. The lowest BCUT2D eigenvalue weighted by atomic mass is 10.2. The van der Waals surface area contributed by atoms with Crippen LogP contribution in [-0.4, -0.2) is 18.6 Å². The Kier molecular flexibility index (Phi) is 3.37. The van der Waals surface area contributed by atoms with Crippen LogP contribution in [0.5, 0.6) is 5.75 Å². The molecule has 1 unspecified atom stereocenters. The van der Waals surface area contributed by atoms with Gasteiger partial charge in [0.15, 0.2) is 0 Å². The Morgan fingerprint density at radius 2 is 2.26 bits per heavy atom. The lowest BCUT2D eigenvalue weighted by Crippen LogP contribution is -2.38. The molecule has 1 atom stereocenters. The van der Waals surface area contributed by atoms with Gasteiger partial charge >= 0.3 is 5.97 Å². The number of rotatable bonds is 3. The Morgan fingerprint density at radius 3 is 3.11 bits per heavy atom. The summed E-state index contributed by atoms with van der Waals surface area (Å²) in [4.78, 5) is 12.9. The second kappa shape index (κ2) is 5.32. The maximum absolute atomic E-state index is 11.9. The molecular weight excluding hydrogens is 262 g/mol. The van der Waals surface area contributed by atoms with Gasteiger partial charge in [-0.05, 0) is 23.6 Å². The maximum atomic E-state index is 11.9. The normalized spacial score (nSPS) is 16.9. The summed E-state index contributed by atoms with van der Waals surface area (Å²) < 4.78 is 10.9. The second-order valence-electron chi connectivity index (χ2n) is 4.17. The zero-order chi connectivity index (χ0) is 13.1. The first kappa shape index (κ1) is 12.0. The predicted molar refractivity (Wildman–Crippen MR) is 73.5 cm³/mol. The fourth-order valence-corrected chi connectivity index (χ4v) is 2.49. The summed E-state index contributed by atoms with van der Waals surface area (Å²) in [5, 5.41) is 5.12. The van der Waals surface area contributed by atoms with Crippen LogP contribution in [0.1, 0.15) is 4.88 Å². The number of fused-ring (bicyclic) bond motifs is 1. The maximum Gasteiger partial charge on any atom is 0.349 e. The number of hydrogen-bond acceptors (Lipinski definition) is 5. The molecule has 98 valence electrons. The fourth-order valence-electron chi connectivity index (χ4n) is 1.87. The van der Waals surface area contributed by atoms with Gasteiger partial charge in [0.2, 0.25) is 6.10 Å². The Morgan fingerprint density at radius 1 is 1.37 bits per heavy atom. The van der Waals surface area contributed by atoms with E-state index in [-0.39, 0.29) is 5.97 Å². The molecule has 3 rings (SSSR count). The molecule has 0 radical (unpaired) electrons. The first-order valence-electron chi connectivity index (χ1n) is 6.01. The molecule has 0 spiro atoms. The number of thiophene rings is 1. The summed E-state index contributed by atoms with van der Waals surface area (Å²) in [5.41, 5.74) is 0.907. The number of benzene rings is 1. The first-order chi connectivity index (χ1) is 9.33. The summed E-state index contributed by atoms with van der Waals surface area (Å²) in [7, 11) is 0. The van der Waals surface area contributed by atoms with Crippen molar-refractivity contribution in [1.29, 1.82) is 0 Å². The Balaban J connectivity index is 1.60. The van der Waals surface area contributed by atoms with Gasteiger partial charge in [-0.15, -0.1) is 11.3 Å². The highest BCUT2D eigenvalue weighted by atomic mass is 32.1. The number of carbonyl (C=O) groups is 1. The standard InChI is InChI=1S/C14H13NO3S/c16-14(17-9-10-4-3-7-19-10)13-8-15-11-5-1-2-6-12(11)18-13/h1-7,13,15H,8-9H2. The second-order valence-corrected chi connectivity index (χ2v) is 5.20. The van der Waals surface area contributed by atoms with E-state index >= 15 is 0 Å². The zero-order valence-corrected chi connectivity index (χ0v) is 11.0. The average molecular weight is 275 g/mol. The third-order valence-electron chi connectivity index (χ3n) is 2.83. The number of carbonyl (C=O) groups excluding carboxylic acids is 1. The minimum atomic E-state index is -0.588. The number of para-hydroxylation sites is 2. The third kappa shape index (κ3) is 2.71. The van der Waals surface area contributed by atoms with Gasteiger partial charge in [0.1, 0.15) is 12.4 Å². The molecule has 0 saturated heterocycles. The lowest BCUT2D eigenvalue weighted by molar-refractivity contribution is -0.152. The van der Waals surface area contributed by atoms with Gasteiger partial charge < -0.3 is 14.8 Å². The molecular formula is C14H13NO3S. The highest BCUT2D eigenvalue weighted by Gasteiger charge is 2.26. The molecule has 0 bridgehead atoms. The van der Waals surface area contributed by atoms with Crippen LogP contribution in [0.4, 0.5) is 5.69 Å². The summed E-state index contributed by atoms with van der Waals surface area (Å²) in [5.74, 6) is 0.349. The molecule has 4 nitrogen and oxygen atoms in total. The molecule has 1 aliphatic rings. The lowest BCUT2D eigenvalue weighted by Gasteiger charge is -2.25. The minimum Gasteiger partial charge on any atom is -0.475 e. The van der Waals surface area contributed by atoms with E-state index in [1.807, 2.05) is 41.8 Å². The minimum absolute atomic E-state index is 0.304. The van der Waals surface area contributed by atoms with Crippen LogP contribution in [0.15, 0.2) is 41.8 Å². The highest BCUT2D eigenvalue weighted by molar-refractivity contribution is 7.09. The topological polar surface area (TPSA) is 47.6 Å². The predicted octanol–water partition coefficient (Wildman–Crippen LogP) is 2.66. The van der Waals surface area contributed by atoms with Crippen molar-refractivity contribution in [3.05, 3.63) is 46.7 Å². The number of ether oxygens (including phenoxy) is 2. The van der Waals surface area contributed by atoms with Crippen LogP contribution < -0.4 is 10.1 Å². The zero-order valence-electron chi connectivity index (χ0n) is 10.2. The van der Waals surface area contributed by atoms with Gasteiger partial charge in [-0.25, -0.2) is 4.79 Å². The van der Waals surface area contributed by atoms with E-state index in [0.29, 0.717) is 18.9 Å². The van der Waals surface area contributed by atoms with E-state index in [1.54, 1.807) is 11.3 Å². The van der Waals surface area contributed by atoms with Crippen molar-refractivity contribution < 1.29 is 14.3 Å². The Labute approximate surface area is 115 Å². The van der Waals surface area contributed by atoms with Crippen molar-refractivity contribution in [2.45, 2.75) is 12.7 Å². The highest BCUT2D eigenvalue weighted by Crippen LogP contribution is 2.28. The van der Waals surface area contributed by atoms with Gasteiger partial charge in [0.25, 0.3) is 0 Å². The summed E-state index contributed by atoms with van der Waals surface area (Å²) >= 11 is 1.57. The van der Waals surface area contributed by atoms with E-state index in [4.69, 9.17) is 9.47 Å². The van der Waals surface area contributed by atoms with E-state index in [1.165, 1.54) is 0 Å². The fraction of sp³-hybridized carbons (Fsp3) is 0.214. The van der Waals surface area contributed by atoms with Gasteiger partial charge in [0.05, 0.1) is 12.2 Å². The van der Waals surface area contributed by atoms with Crippen molar-refractivity contribution in [2.75, 3.05) is 11.9 Å². The van der Waals surface area contributed by atoms with Gasteiger partial charge in [-0.1, -0.05) is 18.2 Å². The van der Waals surface area contributed by atoms with Crippen molar-refractivity contribution >= 4 is 23.0 Å². The van der Waals surface area contributed by atoms with E-state index in [9.17, 15) is 4.79 Å². The van der Waals surface area contributed by atoms with Crippen molar-refractivity contribution in [1.82, 2.24) is 0 Å². The van der Waals surface area contributed by atoms with Gasteiger partial charge in [-0.3, -0.25) is 0 Å². The van der Waals surface area contributed by atoms with Crippen LogP contribution in [0.25, 0.3) is 0 Å². The summed E-state index contributed by atoms with van der Waals surface area (Å²) in [6, 6.07) is 11.4. The monoisotopic (exact) mass is 275 g/mol. The van der Waals surface area contributed by atoms with Crippen LogP contribution in [0.3, 0.4) is 0 Å². The van der Waals surface area contributed by atoms with Crippen molar-refractivity contribution in [3.8, 4) is 5.75 Å². The van der Waals surface area contributed by atoms with Crippen LogP contribution in [-0.2, 0) is 16.1 Å². The molecule has 0 amide bonds. The molecule has 2 heterocycles. The molecule has 1 aromatic carbocycles. The van der Waals surface area contributed by atoms with E-state index in [2.05, 4.69) is 5.32 Å². The molecule has 2 aromatic rings. The third-order valence-corrected chi connectivity index (χ3v) is 3.68. The molecule has 5 heteroatoms. The van der Waals surface area contributed by atoms with Crippen LogP contribution in [0.2, 0.25) is 0 Å². The summed E-state index contributed by atoms with van der Waals surface area (Å²) in [6.07, 6.45) is -0.588. The number of nitrogens with one attached hydrogen (secondary N) is 1. The van der Waals surface area contributed by atoms with E-state index < -0.39 is 6.10 Å². The quantitative estimate of drug-likeness (QED) is 0.875. The average Bonchev–Trinajstić information content (AvgIpc) is 2.97. The smallest absolute Gasteiger partial charge is 0.349 e. The molecule has 1 aromatic heterocycles. The summed E-state index contributed by atoms with van der Waals surface area (Å²) in [6.45, 7) is 0.734. The van der Waals surface area contributed by atoms with Crippen LogP contribution >= 0.6 is 11.3 Å². The van der Waals surface area contributed by atoms with E-state index in [0.717, 1.165) is 10.6 Å². The molecule has 0 aliphatic carbocycles. The molecule has 19 heavy (non-hydrogen) atoms. The molecule has 1 aliphatic heterocycles. The number of esters is 1. The van der Waals surface area contributed by atoms with Crippen molar-refractivity contribution in [3.63, 3.8) is 0 Å². The number of hydrogen-bond donors (Lipinski definition) is 1. The molecule has 0 fully saturated rings. The van der Waals surface area contributed by atoms with Crippen molar-refractivity contribution in [2.24, 2.45) is 0 Å². The SMILES string of the molecule is O=C(OCc1cccs1)C1CNc2ccccc2O1. The van der Waals surface area contributed by atoms with Gasteiger partial charge in [0, 0.05) is 4.88 Å². The largest absolute Gasteiger partial charge is 0.475 e. The number of anilines is 1. The Hall–Kier alpha value is -2.01. The first-order valence-corrected chi connectivity index (χ1v) is 6.89. The Bertz CT molecular complexity index is 568.